The zero-order valence-corrected chi connectivity index (χ0v) is 11.8. The Balaban J connectivity index is 3.58. The molecule has 0 aliphatic carbocycles. The molecule has 0 fully saturated rings. The zero-order chi connectivity index (χ0) is 18.7. The van der Waals surface area contributed by atoms with Crippen LogP contribution in [0.2, 0.25) is 0 Å². The van der Waals surface area contributed by atoms with Crippen molar-refractivity contribution in [1.29, 1.82) is 10.7 Å². The molecular weight excluding hydrogens is 344 g/mol. The molecule has 0 aromatic heterocycles. The Bertz CT molecular complexity index is 716. The van der Waals surface area contributed by atoms with Crippen molar-refractivity contribution in [2.75, 3.05) is 12.5 Å². The summed E-state index contributed by atoms with van der Waals surface area (Å²) in [5, 5.41) is 18.8. The fraction of sp³-hybridized carbons (Fsp3) is 0.250. The van der Waals surface area contributed by atoms with Gasteiger partial charge in [0.25, 0.3) is 0 Å². The third kappa shape index (κ3) is 4.28. The van der Waals surface area contributed by atoms with Crippen molar-refractivity contribution >= 4 is 17.2 Å². The smallest absolute Gasteiger partial charge is 0.418 e. The molecule has 0 saturated carbocycles. The molecule has 0 saturated heterocycles. The van der Waals surface area contributed by atoms with Crippen LogP contribution >= 0.6 is 0 Å². The SMILES string of the molecule is COc1cc(C(F)(F)F)cc(C(F)(F)F)c1N/N=C(\C#N)C(=N)N. The van der Waals surface area contributed by atoms with Crippen LogP contribution in [0.15, 0.2) is 17.2 Å². The Kier molecular flexibility index (Phi) is 5.29. The summed E-state index contributed by atoms with van der Waals surface area (Å²) in [6, 6.07) is 1.55. The number of methoxy groups -OCH3 is 1. The molecular formula is C12H9F6N5O. The van der Waals surface area contributed by atoms with Crippen molar-refractivity contribution in [3.8, 4) is 11.8 Å². The lowest BCUT2D eigenvalue weighted by atomic mass is 10.1. The molecule has 0 heterocycles. The number of alkyl halides is 6. The molecule has 0 atom stereocenters. The number of rotatable bonds is 4. The van der Waals surface area contributed by atoms with E-state index in [2.05, 4.69) is 9.84 Å². The van der Waals surface area contributed by atoms with E-state index in [0.29, 0.717) is 6.07 Å². The van der Waals surface area contributed by atoms with Gasteiger partial charge in [0.05, 0.1) is 18.2 Å². The predicted octanol–water partition coefficient (Wildman–Crippen LogP) is 2.96. The standard InChI is InChI=1S/C12H9F6N5O/c1-24-8-3-5(11(13,14)15)2-6(12(16,17)18)9(8)23-22-7(4-19)10(20)21/h2-3,23H,1H3,(H3,20,21)/b22-7+. The van der Waals surface area contributed by atoms with Crippen molar-refractivity contribution in [1.82, 2.24) is 0 Å². The van der Waals surface area contributed by atoms with Crippen LogP contribution in [0.4, 0.5) is 32.0 Å². The monoisotopic (exact) mass is 353 g/mol. The Labute approximate surface area is 131 Å². The summed E-state index contributed by atoms with van der Waals surface area (Å²) in [5.41, 5.74) is 1.76. The maximum absolute atomic E-state index is 13.1. The molecule has 130 valence electrons. The third-order valence-electron chi connectivity index (χ3n) is 2.60. The summed E-state index contributed by atoms with van der Waals surface area (Å²) < 4.78 is 81.9. The van der Waals surface area contributed by atoms with Crippen LogP contribution in [0, 0.1) is 16.7 Å². The van der Waals surface area contributed by atoms with E-state index >= 15 is 0 Å². The summed E-state index contributed by atoms with van der Waals surface area (Å²) in [6.07, 6.45) is -10.2. The fourth-order valence-electron chi connectivity index (χ4n) is 1.54. The minimum Gasteiger partial charge on any atom is -0.494 e. The summed E-state index contributed by atoms with van der Waals surface area (Å²) in [6.45, 7) is 0. The first-order valence-corrected chi connectivity index (χ1v) is 5.86. The quantitative estimate of drug-likeness (QED) is 0.335. The third-order valence-corrected chi connectivity index (χ3v) is 2.60. The molecule has 0 radical (unpaired) electrons. The van der Waals surface area contributed by atoms with Crippen molar-refractivity contribution in [2.24, 2.45) is 10.8 Å². The molecule has 0 amide bonds. The van der Waals surface area contributed by atoms with Crippen LogP contribution < -0.4 is 15.9 Å². The van der Waals surface area contributed by atoms with Gasteiger partial charge in [-0.3, -0.25) is 10.8 Å². The number of ether oxygens (including phenoxy) is 1. The number of nitrogens with zero attached hydrogens (tertiary/aromatic N) is 2. The van der Waals surface area contributed by atoms with E-state index in [1.165, 1.54) is 6.07 Å². The van der Waals surface area contributed by atoms with Crippen molar-refractivity contribution < 1.29 is 31.1 Å². The number of amidine groups is 1. The van der Waals surface area contributed by atoms with Gasteiger partial charge in [-0.25, -0.2) is 0 Å². The number of hydrogen-bond donors (Lipinski definition) is 3. The normalized spacial score (nSPS) is 12.5. The second-order valence-electron chi connectivity index (χ2n) is 4.19. The lowest BCUT2D eigenvalue weighted by molar-refractivity contribution is -0.142. The topological polar surface area (TPSA) is 107 Å². The lowest BCUT2D eigenvalue weighted by Gasteiger charge is -2.18. The summed E-state index contributed by atoms with van der Waals surface area (Å²) in [5.74, 6) is -1.65. The van der Waals surface area contributed by atoms with Gasteiger partial charge in [0.1, 0.15) is 17.5 Å². The molecule has 12 heteroatoms. The molecule has 0 bridgehead atoms. The molecule has 1 aromatic rings. The molecule has 0 aliphatic rings. The Morgan fingerprint density at radius 1 is 1.25 bits per heavy atom. The largest absolute Gasteiger partial charge is 0.494 e. The molecule has 4 N–H and O–H groups in total. The summed E-state index contributed by atoms with van der Waals surface area (Å²) >= 11 is 0. The van der Waals surface area contributed by atoms with E-state index in [4.69, 9.17) is 16.4 Å². The molecule has 1 aromatic carbocycles. The van der Waals surface area contributed by atoms with Crippen LogP contribution in [0.3, 0.4) is 0 Å². The first kappa shape index (κ1) is 19.1. The number of hydrazone groups is 1. The maximum atomic E-state index is 13.1. The van der Waals surface area contributed by atoms with Crippen LogP contribution in [0.1, 0.15) is 11.1 Å². The van der Waals surface area contributed by atoms with Crippen LogP contribution in [0.25, 0.3) is 0 Å². The van der Waals surface area contributed by atoms with E-state index in [1.54, 1.807) is 5.43 Å². The van der Waals surface area contributed by atoms with Crippen molar-refractivity contribution in [2.45, 2.75) is 12.4 Å². The highest BCUT2D eigenvalue weighted by Gasteiger charge is 2.40. The van der Waals surface area contributed by atoms with Crippen LogP contribution in [0.5, 0.6) is 5.75 Å². The predicted molar refractivity (Wildman–Crippen MR) is 71.6 cm³/mol. The number of hydrogen-bond acceptors (Lipinski definition) is 5. The van der Waals surface area contributed by atoms with E-state index in [9.17, 15) is 26.3 Å². The minimum absolute atomic E-state index is 0.125. The number of benzene rings is 1. The number of nitrogens with one attached hydrogen (secondary N) is 2. The van der Waals surface area contributed by atoms with E-state index in [1.807, 2.05) is 0 Å². The Morgan fingerprint density at radius 2 is 1.83 bits per heavy atom. The lowest BCUT2D eigenvalue weighted by Crippen LogP contribution is -2.22. The maximum Gasteiger partial charge on any atom is 0.418 e. The van der Waals surface area contributed by atoms with Gasteiger partial charge >= 0.3 is 12.4 Å². The zero-order valence-electron chi connectivity index (χ0n) is 11.8. The van der Waals surface area contributed by atoms with Gasteiger partial charge in [-0.1, -0.05) is 0 Å². The second kappa shape index (κ2) is 6.65. The number of nitrogens with two attached hydrogens (primary N) is 1. The van der Waals surface area contributed by atoms with Gasteiger partial charge < -0.3 is 10.5 Å². The van der Waals surface area contributed by atoms with E-state index in [-0.39, 0.29) is 6.07 Å². The summed E-state index contributed by atoms with van der Waals surface area (Å²) in [7, 11) is 0.862. The summed E-state index contributed by atoms with van der Waals surface area (Å²) in [4.78, 5) is 0. The van der Waals surface area contributed by atoms with Gasteiger partial charge in [0.15, 0.2) is 5.84 Å². The van der Waals surface area contributed by atoms with Crippen LogP contribution in [-0.2, 0) is 12.4 Å². The number of anilines is 1. The van der Waals surface area contributed by atoms with Crippen molar-refractivity contribution in [3.05, 3.63) is 23.3 Å². The van der Waals surface area contributed by atoms with Gasteiger partial charge in [-0.2, -0.15) is 36.7 Å². The highest BCUT2D eigenvalue weighted by Crippen LogP contribution is 2.44. The number of nitriles is 1. The van der Waals surface area contributed by atoms with Gasteiger partial charge in [-0.05, 0) is 12.1 Å². The van der Waals surface area contributed by atoms with Gasteiger partial charge in [-0.15, -0.1) is 0 Å². The molecule has 0 aliphatic heterocycles. The average Bonchev–Trinajstić information content (AvgIpc) is 2.44. The Hall–Kier alpha value is -2.97. The molecule has 1 rings (SSSR count). The molecule has 24 heavy (non-hydrogen) atoms. The molecule has 0 unspecified atom stereocenters. The van der Waals surface area contributed by atoms with Crippen molar-refractivity contribution in [3.63, 3.8) is 0 Å². The second-order valence-corrected chi connectivity index (χ2v) is 4.19. The molecule has 6 nitrogen and oxygen atoms in total. The van der Waals surface area contributed by atoms with Gasteiger partial charge in [0.2, 0.25) is 5.71 Å². The first-order valence-electron chi connectivity index (χ1n) is 5.86. The first-order chi connectivity index (χ1) is 10.9. The van der Waals surface area contributed by atoms with Crippen LogP contribution in [-0.4, -0.2) is 18.7 Å². The average molecular weight is 353 g/mol. The van der Waals surface area contributed by atoms with E-state index < -0.39 is 46.5 Å². The number of halogens is 6. The minimum atomic E-state index is -5.17. The fourth-order valence-corrected chi connectivity index (χ4v) is 1.54. The Morgan fingerprint density at radius 3 is 2.21 bits per heavy atom. The van der Waals surface area contributed by atoms with Gasteiger partial charge in [0, 0.05) is 0 Å². The van der Waals surface area contributed by atoms with E-state index in [0.717, 1.165) is 7.11 Å². The highest BCUT2D eigenvalue weighted by molar-refractivity contribution is 6.45. The molecule has 0 spiro atoms. The highest BCUT2D eigenvalue weighted by atomic mass is 19.4.